The Balaban J connectivity index is 3.18. The molecular formula is C10H4F8O. The van der Waals surface area contributed by atoms with Gasteiger partial charge in [0, 0.05) is 6.42 Å². The highest BCUT2D eigenvalue weighted by molar-refractivity contribution is 5.96. The maximum Gasteiger partial charge on any atom is 0.389 e. The molecule has 19 heavy (non-hydrogen) atoms. The first kappa shape index (κ1) is 15.4. The van der Waals surface area contributed by atoms with Gasteiger partial charge in [0.25, 0.3) is 0 Å². The first-order chi connectivity index (χ1) is 8.56. The third-order valence-electron chi connectivity index (χ3n) is 2.12. The Hall–Kier alpha value is -1.67. The summed E-state index contributed by atoms with van der Waals surface area (Å²) in [6.07, 6.45) is -7.94. The number of Topliss-reactive ketones (excluding diaryl/α,β-unsaturated/α-hetero) is 1. The van der Waals surface area contributed by atoms with Crippen molar-refractivity contribution < 1.29 is 39.9 Å². The minimum atomic E-state index is -4.79. The summed E-state index contributed by atoms with van der Waals surface area (Å²) in [5.41, 5.74) is -1.86. The van der Waals surface area contributed by atoms with E-state index < -0.39 is 59.5 Å². The lowest BCUT2D eigenvalue weighted by Gasteiger charge is -2.08. The molecular weight excluding hydrogens is 288 g/mol. The molecule has 1 rings (SSSR count). The molecule has 0 saturated heterocycles. The van der Waals surface area contributed by atoms with Crippen LogP contribution in [0.4, 0.5) is 35.1 Å². The summed E-state index contributed by atoms with van der Waals surface area (Å²) < 4.78 is 99.5. The SMILES string of the molecule is O=C(CCC(F)(F)F)c1c(F)c(F)c(F)c(F)c1F. The van der Waals surface area contributed by atoms with Crippen molar-refractivity contribution in [2.24, 2.45) is 0 Å². The van der Waals surface area contributed by atoms with Crippen LogP contribution in [0.1, 0.15) is 23.2 Å². The van der Waals surface area contributed by atoms with E-state index in [1.165, 1.54) is 0 Å². The minimum absolute atomic E-state index is 1.41. The predicted molar refractivity (Wildman–Crippen MR) is 45.9 cm³/mol. The molecule has 0 heterocycles. The molecule has 9 heteroatoms. The zero-order valence-electron chi connectivity index (χ0n) is 8.85. The quantitative estimate of drug-likeness (QED) is 0.357. The van der Waals surface area contributed by atoms with Gasteiger partial charge in [-0.2, -0.15) is 13.2 Å². The Kier molecular flexibility index (Phi) is 4.16. The maximum atomic E-state index is 13.0. The van der Waals surface area contributed by atoms with E-state index in [1.54, 1.807) is 0 Å². The van der Waals surface area contributed by atoms with Gasteiger partial charge in [-0.05, 0) is 0 Å². The number of carbonyl (C=O) groups excluding carboxylic acids is 1. The predicted octanol–water partition coefficient (Wildman–Crippen LogP) is 3.91. The zero-order chi connectivity index (χ0) is 15.0. The van der Waals surface area contributed by atoms with Crippen molar-refractivity contribution in [2.75, 3.05) is 0 Å². The largest absolute Gasteiger partial charge is 0.389 e. The summed E-state index contributed by atoms with van der Waals surface area (Å²) in [6, 6.07) is 0. The number of benzene rings is 1. The molecule has 0 aliphatic rings. The smallest absolute Gasteiger partial charge is 0.294 e. The molecule has 1 aromatic rings. The van der Waals surface area contributed by atoms with Crippen LogP contribution < -0.4 is 0 Å². The van der Waals surface area contributed by atoms with Gasteiger partial charge < -0.3 is 0 Å². The second-order valence-corrected chi connectivity index (χ2v) is 3.48. The van der Waals surface area contributed by atoms with Gasteiger partial charge in [-0.1, -0.05) is 0 Å². The molecule has 106 valence electrons. The third-order valence-corrected chi connectivity index (χ3v) is 2.12. The van der Waals surface area contributed by atoms with E-state index >= 15 is 0 Å². The number of ketones is 1. The third kappa shape index (κ3) is 3.21. The number of hydrogen-bond donors (Lipinski definition) is 0. The molecule has 0 aromatic heterocycles. The molecule has 1 aromatic carbocycles. The van der Waals surface area contributed by atoms with E-state index in [2.05, 4.69) is 0 Å². The average Bonchev–Trinajstić information content (AvgIpc) is 2.31. The van der Waals surface area contributed by atoms with Gasteiger partial charge in [0.15, 0.2) is 29.1 Å². The van der Waals surface area contributed by atoms with Crippen molar-refractivity contribution in [1.29, 1.82) is 0 Å². The molecule has 1 nitrogen and oxygen atoms in total. The van der Waals surface area contributed by atoms with Crippen LogP contribution in [-0.2, 0) is 0 Å². The van der Waals surface area contributed by atoms with E-state index in [4.69, 9.17) is 0 Å². The summed E-state index contributed by atoms with van der Waals surface area (Å²) in [5.74, 6) is -13.9. The van der Waals surface area contributed by atoms with Gasteiger partial charge in [0.2, 0.25) is 5.82 Å². The first-order valence-corrected chi connectivity index (χ1v) is 4.67. The van der Waals surface area contributed by atoms with Crippen LogP contribution in [0.2, 0.25) is 0 Å². The summed E-state index contributed by atoms with van der Waals surface area (Å²) in [7, 11) is 0. The normalized spacial score (nSPS) is 11.8. The number of rotatable bonds is 3. The molecule has 0 bridgehead atoms. The van der Waals surface area contributed by atoms with Crippen LogP contribution in [-0.4, -0.2) is 12.0 Å². The summed E-state index contributed by atoms with van der Waals surface area (Å²) in [4.78, 5) is 11.1. The topological polar surface area (TPSA) is 17.1 Å². The van der Waals surface area contributed by atoms with Crippen LogP contribution in [0.15, 0.2) is 0 Å². The Morgan fingerprint density at radius 3 is 1.53 bits per heavy atom. The van der Waals surface area contributed by atoms with Crippen molar-refractivity contribution in [3.63, 3.8) is 0 Å². The monoisotopic (exact) mass is 292 g/mol. The fourth-order valence-electron chi connectivity index (χ4n) is 1.23. The van der Waals surface area contributed by atoms with Crippen LogP contribution in [0.3, 0.4) is 0 Å². The van der Waals surface area contributed by atoms with Crippen LogP contribution in [0.5, 0.6) is 0 Å². The molecule has 0 atom stereocenters. The van der Waals surface area contributed by atoms with Gasteiger partial charge in [-0.25, -0.2) is 22.0 Å². The molecule has 0 unspecified atom stereocenters. The lowest BCUT2D eigenvalue weighted by molar-refractivity contribution is -0.133. The number of carbonyl (C=O) groups is 1. The van der Waals surface area contributed by atoms with E-state index in [-0.39, 0.29) is 0 Å². The minimum Gasteiger partial charge on any atom is -0.294 e. The van der Waals surface area contributed by atoms with Gasteiger partial charge in [-0.15, -0.1) is 0 Å². The second kappa shape index (κ2) is 5.14. The highest BCUT2D eigenvalue weighted by atomic mass is 19.4. The van der Waals surface area contributed by atoms with E-state index in [1.807, 2.05) is 0 Å². The Bertz CT molecular complexity index is 490. The summed E-state index contributed by atoms with van der Waals surface area (Å²) in [5, 5.41) is 0. The first-order valence-electron chi connectivity index (χ1n) is 4.67. The van der Waals surface area contributed by atoms with E-state index in [0.717, 1.165) is 0 Å². The van der Waals surface area contributed by atoms with E-state index in [0.29, 0.717) is 0 Å². The Morgan fingerprint density at radius 2 is 1.16 bits per heavy atom. The second-order valence-electron chi connectivity index (χ2n) is 3.48. The molecule has 0 amide bonds. The highest BCUT2D eigenvalue weighted by Crippen LogP contribution is 2.27. The standard InChI is InChI=1S/C10H4F8O/c11-5-4(3(19)1-2-10(16,17)18)6(12)8(14)9(15)7(5)13/h1-2H2. The molecule has 0 radical (unpaired) electrons. The zero-order valence-corrected chi connectivity index (χ0v) is 8.85. The van der Waals surface area contributed by atoms with Crippen molar-refractivity contribution in [2.45, 2.75) is 19.0 Å². The molecule has 0 aliphatic heterocycles. The molecule has 0 fully saturated rings. The van der Waals surface area contributed by atoms with Crippen molar-refractivity contribution in [3.05, 3.63) is 34.6 Å². The van der Waals surface area contributed by atoms with Gasteiger partial charge in [-0.3, -0.25) is 4.79 Å². The van der Waals surface area contributed by atoms with Crippen molar-refractivity contribution in [3.8, 4) is 0 Å². The lowest BCUT2D eigenvalue weighted by atomic mass is 10.0. The lowest BCUT2D eigenvalue weighted by Crippen LogP contribution is -2.16. The van der Waals surface area contributed by atoms with Crippen molar-refractivity contribution in [1.82, 2.24) is 0 Å². The molecule has 0 N–H and O–H groups in total. The molecule has 0 saturated carbocycles. The van der Waals surface area contributed by atoms with Crippen LogP contribution in [0, 0.1) is 29.1 Å². The van der Waals surface area contributed by atoms with Gasteiger partial charge in [0.1, 0.15) is 0 Å². The Morgan fingerprint density at radius 1 is 0.789 bits per heavy atom. The van der Waals surface area contributed by atoms with Gasteiger partial charge >= 0.3 is 6.18 Å². The fraction of sp³-hybridized carbons (Fsp3) is 0.300. The highest BCUT2D eigenvalue weighted by Gasteiger charge is 2.33. The van der Waals surface area contributed by atoms with Gasteiger partial charge in [0.05, 0.1) is 12.0 Å². The maximum absolute atomic E-state index is 13.0. The number of alkyl halides is 3. The van der Waals surface area contributed by atoms with Crippen molar-refractivity contribution >= 4 is 5.78 Å². The summed E-state index contributed by atoms with van der Waals surface area (Å²) in [6.45, 7) is 0. The number of hydrogen-bond acceptors (Lipinski definition) is 1. The Labute approximate surface area is 100 Å². The summed E-state index contributed by atoms with van der Waals surface area (Å²) >= 11 is 0. The molecule has 0 aliphatic carbocycles. The molecule has 0 spiro atoms. The number of halogens is 8. The van der Waals surface area contributed by atoms with Crippen LogP contribution in [0.25, 0.3) is 0 Å². The van der Waals surface area contributed by atoms with Crippen LogP contribution >= 0.6 is 0 Å². The average molecular weight is 292 g/mol. The van der Waals surface area contributed by atoms with E-state index in [9.17, 15) is 39.9 Å². The fourth-order valence-corrected chi connectivity index (χ4v) is 1.23.